The summed E-state index contributed by atoms with van der Waals surface area (Å²) in [5.41, 5.74) is 28.0. The molecule has 0 spiro atoms. The molecule has 0 aromatic heterocycles. The second-order valence-electron chi connectivity index (χ2n) is 17.2. The van der Waals surface area contributed by atoms with Crippen LogP contribution in [-0.2, 0) is 14.2 Å². The Morgan fingerprint density at radius 1 is 0.529 bits per heavy atom. The van der Waals surface area contributed by atoms with Crippen LogP contribution in [0.15, 0.2) is 178 Å². The smallest absolute Gasteiger partial charge is 0.197 e. The summed E-state index contributed by atoms with van der Waals surface area (Å²) in [6.45, 7) is 13.6. The Kier molecular flexibility index (Phi) is 17.7. The molecule has 0 radical (unpaired) electrons. The van der Waals surface area contributed by atoms with E-state index in [0.29, 0.717) is 50.9 Å². The molecule has 3 saturated heterocycles. The highest BCUT2D eigenvalue weighted by Crippen LogP contribution is 2.35. The highest BCUT2D eigenvalue weighted by atomic mass is 32.2. The van der Waals surface area contributed by atoms with Crippen LogP contribution in [0.4, 0.5) is 17.1 Å². The van der Waals surface area contributed by atoms with Crippen molar-refractivity contribution in [3.05, 3.63) is 158 Å². The van der Waals surface area contributed by atoms with Gasteiger partial charge >= 0.3 is 0 Å². The predicted molar refractivity (Wildman–Crippen MR) is 282 cm³/mol. The van der Waals surface area contributed by atoms with Gasteiger partial charge in [-0.1, -0.05) is 127 Å². The molecule has 0 aliphatic carbocycles. The molecule has 13 heteroatoms. The van der Waals surface area contributed by atoms with Crippen LogP contribution in [0.25, 0.3) is 33.4 Å². The molecule has 3 fully saturated rings. The third-order valence-corrected chi connectivity index (χ3v) is 12.5. The molecule has 12 nitrogen and oxygen atoms in total. The monoisotopic (exact) mass is 931 g/mol. The minimum absolute atomic E-state index is 0.145. The van der Waals surface area contributed by atoms with E-state index in [1.165, 1.54) is 4.90 Å². The van der Waals surface area contributed by atoms with E-state index in [1.54, 1.807) is 11.8 Å². The van der Waals surface area contributed by atoms with Crippen molar-refractivity contribution in [1.82, 2.24) is 14.7 Å². The van der Waals surface area contributed by atoms with Crippen molar-refractivity contribution in [2.45, 2.75) is 37.3 Å². The number of benzene rings is 6. The number of guanidine groups is 3. The molecule has 3 aliphatic heterocycles. The standard InChI is InChI=1S/C19H23N3O.C18H21N3OS.C18H21N3O/c1-19(2)14-23-13-12-22(19)18(20)21-17-11-7-6-10-16(17)15-8-4-3-5-9-15;1-23-15-7-8-17(16(13-15)14-5-3-2-4-6-14)20-18(19)21-9-11-22-12-10-21;1-14-13-21(11-12-22-14)18(19)20-17-10-6-5-9-16(17)15-7-3-2-4-8-15/h3-11H,12-14H2,1-2H3,(H2,20,21);2-8,13H,9-12H2,1H3,(H2,19,20);2-10,14H,11-13H2,1H3,(H2,19,20). The van der Waals surface area contributed by atoms with Gasteiger partial charge in [0.15, 0.2) is 17.9 Å². The Morgan fingerprint density at radius 3 is 1.51 bits per heavy atom. The Morgan fingerprint density at radius 2 is 0.985 bits per heavy atom. The van der Waals surface area contributed by atoms with E-state index in [1.807, 2.05) is 97.1 Å². The molecule has 1 atom stereocenters. The highest BCUT2D eigenvalue weighted by molar-refractivity contribution is 7.98. The van der Waals surface area contributed by atoms with Gasteiger partial charge in [0.05, 0.1) is 61.7 Å². The summed E-state index contributed by atoms with van der Waals surface area (Å²) in [7, 11) is 0. The van der Waals surface area contributed by atoms with Gasteiger partial charge in [-0.15, -0.1) is 11.8 Å². The van der Waals surface area contributed by atoms with Gasteiger partial charge in [0.1, 0.15) is 0 Å². The molecule has 6 N–H and O–H groups in total. The summed E-state index contributed by atoms with van der Waals surface area (Å²) in [4.78, 5) is 21.6. The molecule has 9 rings (SSSR count). The SMILES string of the molecule is CC1(C)COCCN1C(N)=Nc1ccccc1-c1ccccc1.CC1CN(C(N)=Nc2ccccc2-c2ccccc2)CCO1.CSc1ccc(N=C(N)N2CCOCC2)c(-c2ccccc2)c1. The quantitative estimate of drug-likeness (QED) is 0.0802. The second kappa shape index (κ2) is 24.4. The molecule has 68 heavy (non-hydrogen) atoms. The number of morpholine rings is 3. The van der Waals surface area contributed by atoms with Crippen molar-refractivity contribution < 1.29 is 14.2 Å². The van der Waals surface area contributed by atoms with Gasteiger partial charge in [-0.3, -0.25) is 0 Å². The van der Waals surface area contributed by atoms with E-state index in [9.17, 15) is 0 Å². The minimum Gasteiger partial charge on any atom is -0.378 e. The molecular weight excluding hydrogens is 867 g/mol. The molecule has 0 bridgehead atoms. The van der Waals surface area contributed by atoms with Crippen LogP contribution in [-0.4, -0.2) is 116 Å². The van der Waals surface area contributed by atoms with Crippen molar-refractivity contribution in [2.24, 2.45) is 32.2 Å². The average Bonchev–Trinajstić information content (AvgIpc) is 3.38. The van der Waals surface area contributed by atoms with Crippen LogP contribution >= 0.6 is 11.8 Å². The zero-order valence-corrected chi connectivity index (χ0v) is 40.5. The Hall–Kier alpha value is -6.64. The lowest BCUT2D eigenvalue weighted by Gasteiger charge is -2.42. The largest absolute Gasteiger partial charge is 0.378 e. The Bertz CT molecular complexity index is 2600. The normalized spacial score (nSPS) is 17.6. The Labute approximate surface area is 406 Å². The van der Waals surface area contributed by atoms with Crippen LogP contribution in [0.2, 0.25) is 0 Å². The fraction of sp³-hybridized carbons (Fsp3) is 0.291. The van der Waals surface area contributed by atoms with Crippen LogP contribution in [0.5, 0.6) is 0 Å². The third kappa shape index (κ3) is 13.5. The molecule has 6 aromatic carbocycles. The number of hydrogen-bond acceptors (Lipinski definition) is 7. The summed E-state index contributed by atoms with van der Waals surface area (Å²) in [6.07, 6.45) is 2.27. The fourth-order valence-electron chi connectivity index (χ4n) is 8.13. The highest BCUT2D eigenvalue weighted by Gasteiger charge is 2.32. The topological polar surface area (TPSA) is 153 Å². The van der Waals surface area contributed by atoms with Crippen molar-refractivity contribution in [3.8, 4) is 33.4 Å². The first-order valence-corrected chi connectivity index (χ1v) is 24.4. The number of rotatable bonds is 7. The number of hydrogen-bond donors (Lipinski definition) is 3. The average molecular weight is 932 g/mol. The number of para-hydroxylation sites is 2. The summed E-state index contributed by atoms with van der Waals surface area (Å²) >= 11 is 1.73. The maximum Gasteiger partial charge on any atom is 0.197 e. The minimum atomic E-state index is -0.145. The lowest BCUT2D eigenvalue weighted by atomic mass is 10.0. The van der Waals surface area contributed by atoms with Crippen LogP contribution in [0.1, 0.15) is 20.8 Å². The van der Waals surface area contributed by atoms with Gasteiger partial charge in [-0.05, 0) is 74.0 Å². The molecule has 354 valence electrons. The maximum absolute atomic E-state index is 6.32. The van der Waals surface area contributed by atoms with Gasteiger partial charge < -0.3 is 46.1 Å². The van der Waals surface area contributed by atoms with Gasteiger partial charge in [0, 0.05) is 54.3 Å². The second-order valence-corrected chi connectivity index (χ2v) is 18.0. The zero-order chi connectivity index (χ0) is 47.7. The van der Waals surface area contributed by atoms with Gasteiger partial charge in [-0.2, -0.15) is 0 Å². The first-order valence-electron chi connectivity index (χ1n) is 23.2. The summed E-state index contributed by atoms with van der Waals surface area (Å²) in [5.74, 6) is 1.66. The number of thioether (sulfide) groups is 1. The summed E-state index contributed by atoms with van der Waals surface area (Å²) < 4.78 is 16.5. The number of nitrogens with two attached hydrogens (primary N) is 3. The lowest BCUT2D eigenvalue weighted by molar-refractivity contribution is -0.0155. The van der Waals surface area contributed by atoms with Crippen LogP contribution in [0, 0.1) is 0 Å². The van der Waals surface area contributed by atoms with E-state index in [4.69, 9.17) is 36.4 Å². The van der Waals surface area contributed by atoms with E-state index in [2.05, 4.69) is 112 Å². The molecule has 1 unspecified atom stereocenters. The fourth-order valence-corrected chi connectivity index (χ4v) is 8.57. The molecule has 0 amide bonds. The molecule has 3 heterocycles. The third-order valence-electron chi connectivity index (χ3n) is 11.8. The first-order chi connectivity index (χ1) is 33.1. The van der Waals surface area contributed by atoms with Crippen LogP contribution in [0.3, 0.4) is 0 Å². The van der Waals surface area contributed by atoms with Crippen molar-refractivity contribution in [1.29, 1.82) is 0 Å². The van der Waals surface area contributed by atoms with Gasteiger partial charge in [-0.25, -0.2) is 15.0 Å². The van der Waals surface area contributed by atoms with Crippen LogP contribution < -0.4 is 17.2 Å². The van der Waals surface area contributed by atoms with Crippen molar-refractivity contribution in [3.63, 3.8) is 0 Å². The predicted octanol–water partition coefficient (Wildman–Crippen LogP) is 9.78. The summed E-state index contributed by atoms with van der Waals surface area (Å²) in [6, 6.07) is 53.3. The van der Waals surface area contributed by atoms with Crippen molar-refractivity contribution in [2.75, 3.05) is 72.0 Å². The van der Waals surface area contributed by atoms with Gasteiger partial charge in [0.25, 0.3) is 0 Å². The van der Waals surface area contributed by atoms with Crippen molar-refractivity contribution >= 4 is 46.7 Å². The number of aliphatic imine (C=N–C) groups is 3. The molecule has 6 aromatic rings. The molecular formula is C55H65N9O3S. The molecule has 0 saturated carbocycles. The number of ether oxygens (including phenoxy) is 3. The van der Waals surface area contributed by atoms with Gasteiger partial charge in [0.2, 0.25) is 0 Å². The van der Waals surface area contributed by atoms with E-state index >= 15 is 0 Å². The zero-order valence-electron chi connectivity index (χ0n) is 39.7. The number of nitrogens with zero attached hydrogens (tertiary/aromatic N) is 6. The van der Waals surface area contributed by atoms with E-state index in [-0.39, 0.29) is 11.6 Å². The molecule has 3 aliphatic rings. The van der Waals surface area contributed by atoms with E-state index < -0.39 is 0 Å². The van der Waals surface area contributed by atoms with E-state index in [0.717, 1.165) is 83.2 Å². The first kappa shape index (κ1) is 49.3. The Balaban J connectivity index is 0.000000151. The summed E-state index contributed by atoms with van der Waals surface area (Å²) in [5, 5.41) is 0. The lowest BCUT2D eigenvalue weighted by Crippen LogP contribution is -2.57. The maximum atomic E-state index is 6.32.